The van der Waals surface area contributed by atoms with Crippen molar-refractivity contribution in [3.8, 4) is 17.3 Å². The minimum atomic E-state index is -1.17. The maximum absolute atomic E-state index is 14.2. The minimum Gasteiger partial charge on any atom is -0.315 e. The summed E-state index contributed by atoms with van der Waals surface area (Å²) in [5, 5.41) is 0. The lowest BCUT2D eigenvalue weighted by atomic mass is 10.1. The lowest BCUT2D eigenvalue weighted by Crippen LogP contribution is -2.01. The third-order valence-corrected chi connectivity index (χ3v) is 5.13. The van der Waals surface area contributed by atoms with Gasteiger partial charge in [-0.1, -0.05) is 0 Å². The largest absolute Gasteiger partial charge is 0.315 e. The molecular weight excluding hydrogens is 398 g/mol. The number of rotatable bonds is 4. The molecule has 9 heteroatoms. The van der Waals surface area contributed by atoms with Crippen LogP contribution >= 0.6 is 0 Å². The van der Waals surface area contributed by atoms with Crippen LogP contribution in [0.3, 0.4) is 0 Å². The molecule has 0 aliphatic heterocycles. The van der Waals surface area contributed by atoms with Crippen LogP contribution in [0.4, 0.5) is 17.6 Å². The predicted molar refractivity (Wildman–Crippen MR) is 98.8 cm³/mol. The van der Waals surface area contributed by atoms with Gasteiger partial charge in [0, 0.05) is 37.2 Å². The first-order valence-corrected chi connectivity index (χ1v) is 9.13. The van der Waals surface area contributed by atoms with Crippen molar-refractivity contribution in [1.29, 1.82) is 0 Å². The average molecular weight is 411 g/mol. The SMILES string of the molecule is Fc1cn(-c2cc([C@H]3C[C@H]3c3cnc(-c4ncccn4)nc3)cc(F)c2F)cc1F. The van der Waals surface area contributed by atoms with Crippen LogP contribution in [0.15, 0.2) is 55.4 Å². The summed E-state index contributed by atoms with van der Waals surface area (Å²) >= 11 is 0. The fourth-order valence-electron chi connectivity index (χ4n) is 3.53. The molecule has 5 rings (SSSR count). The molecule has 1 saturated carbocycles. The zero-order valence-electron chi connectivity index (χ0n) is 15.3. The Balaban J connectivity index is 1.41. The van der Waals surface area contributed by atoms with Gasteiger partial charge in [-0.05, 0) is 47.6 Å². The van der Waals surface area contributed by atoms with Crippen molar-refractivity contribution in [3.05, 3.63) is 89.8 Å². The molecule has 4 aromatic rings. The summed E-state index contributed by atoms with van der Waals surface area (Å²) in [5.41, 5.74) is 1.15. The molecule has 0 radical (unpaired) electrons. The molecule has 1 aromatic carbocycles. The molecule has 0 N–H and O–H groups in total. The van der Waals surface area contributed by atoms with Crippen molar-refractivity contribution in [2.24, 2.45) is 0 Å². The van der Waals surface area contributed by atoms with Gasteiger partial charge < -0.3 is 4.57 Å². The maximum atomic E-state index is 14.2. The Labute approximate surface area is 168 Å². The van der Waals surface area contributed by atoms with Crippen molar-refractivity contribution in [2.45, 2.75) is 18.3 Å². The molecule has 1 fully saturated rings. The first-order chi connectivity index (χ1) is 14.5. The molecule has 3 heterocycles. The van der Waals surface area contributed by atoms with Gasteiger partial charge in [0.15, 0.2) is 34.9 Å². The summed E-state index contributed by atoms with van der Waals surface area (Å²) in [6.07, 6.45) is 8.78. The second kappa shape index (κ2) is 7.01. The van der Waals surface area contributed by atoms with E-state index < -0.39 is 23.3 Å². The van der Waals surface area contributed by atoms with Crippen molar-refractivity contribution in [2.75, 3.05) is 0 Å². The molecule has 150 valence electrons. The van der Waals surface area contributed by atoms with E-state index in [1.807, 2.05) is 0 Å². The van der Waals surface area contributed by atoms with Crippen LogP contribution in [0.2, 0.25) is 0 Å². The van der Waals surface area contributed by atoms with Gasteiger partial charge in [0.2, 0.25) is 0 Å². The number of hydrogen-bond acceptors (Lipinski definition) is 4. The van der Waals surface area contributed by atoms with E-state index in [1.54, 1.807) is 30.9 Å². The quantitative estimate of drug-likeness (QED) is 0.463. The molecule has 1 aliphatic rings. The third-order valence-electron chi connectivity index (χ3n) is 5.13. The van der Waals surface area contributed by atoms with E-state index >= 15 is 0 Å². The Bertz CT molecular complexity index is 1200. The van der Waals surface area contributed by atoms with Crippen LogP contribution in [0.25, 0.3) is 17.3 Å². The molecule has 0 bridgehead atoms. The van der Waals surface area contributed by atoms with E-state index in [1.165, 1.54) is 6.07 Å². The van der Waals surface area contributed by atoms with Crippen LogP contribution < -0.4 is 0 Å². The van der Waals surface area contributed by atoms with Crippen LogP contribution in [-0.4, -0.2) is 24.5 Å². The first kappa shape index (κ1) is 18.4. The lowest BCUT2D eigenvalue weighted by Gasteiger charge is -2.09. The third kappa shape index (κ3) is 3.22. The molecule has 0 unspecified atom stereocenters. The Hall–Kier alpha value is -3.62. The lowest BCUT2D eigenvalue weighted by molar-refractivity contribution is 0.502. The van der Waals surface area contributed by atoms with Gasteiger partial charge in [-0.2, -0.15) is 0 Å². The van der Waals surface area contributed by atoms with E-state index in [0.29, 0.717) is 23.6 Å². The highest BCUT2D eigenvalue weighted by Gasteiger charge is 2.40. The molecule has 0 saturated heterocycles. The van der Waals surface area contributed by atoms with Crippen molar-refractivity contribution < 1.29 is 17.6 Å². The normalized spacial score (nSPS) is 17.9. The number of halogens is 4. The maximum Gasteiger partial charge on any atom is 0.197 e. The molecule has 2 atom stereocenters. The van der Waals surface area contributed by atoms with Gasteiger partial charge in [0.1, 0.15) is 0 Å². The smallest absolute Gasteiger partial charge is 0.197 e. The first-order valence-electron chi connectivity index (χ1n) is 9.13. The van der Waals surface area contributed by atoms with Crippen molar-refractivity contribution >= 4 is 0 Å². The number of aromatic nitrogens is 5. The summed E-state index contributed by atoms with van der Waals surface area (Å²) < 4.78 is 56.0. The Morgan fingerprint density at radius 1 is 0.733 bits per heavy atom. The highest BCUT2D eigenvalue weighted by atomic mass is 19.2. The van der Waals surface area contributed by atoms with Crippen molar-refractivity contribution in [3.63, 3.8) is 0 Å². The molecule has 3 aromatic heterocycles. The number of benzene rings is 1. The summed E-state index contributed by atoms with van der Waals surface area (Å²) in [6, 6.07) is 4.22. The summed E-state index contributed by atoms with van der Waals surface area (Å²) in [7, 11) is 0. The Morgan fingerprint density at radius 3 is 2.00 bits per heavy atom. The molecule has 5 nitrogen and oxygen atoms in total. The van der Waals surface area contributed by atoms with Gasteiger partial charge in [-0.25, -0.2) is 37.5 Å². The minimum absolute atomic E-state index is 0.0339. The number of hydrogen-bond donors (Lipinski definition) is 0. The average Bonchev–Trinajstić information content (AvgIpc) is 3.50. The van der Waals surface area contributed by atoms with Gasteiger partial charge in [0.25, 0.3) is 0 Å². The van der Waals surface area contributed by atoms with Crippen LogP contribution in [0.1, 0.15) is 29.4 Å². The molecular formula is C21H13F4N5. The van der Waals surface area contributed by atoms with E-state index in [9.17, 15) is 17.6 Å². The fourth-order valence-corrected chi connectivity index (χ4v) is 3.53. The highest BCUT2D eigenvalue weighted by molar-refractivity contribution is 5.46. The number of nitrogens with zero attached hydrogens (tertiary/aromatic N) is 5. The predicted octanol–water partition coefficient (Wildman–Crippen LogP) is 4.55. The molecule has 0 amide bonds. The molecule has 1 aliphatic carbocycles. The van der Waals surface area contributed by atoms with Crippen LogP contribution in [0.5, 0.6) is 0 Å². The van der Waals surface area contributed by atoms with Crippen LogP contribution in [-0.2, 0) is 0 Å². The van der Waals surface area contributed by atoms with Gasteiger partial charge >= 0.3 is 0 Å². The Kier molecular flexibility index (Phi) is 4.30. The van der Waals surface area contributed by atoms with Gasteiger partial charge in [-0.3, -0.25) is 0 Å². The van der Waals surface area contributed by atoms with E-state index in [4.69, 9.17) is 0 Å². The summed E-state index contributed by atoms with van der Waals surface area (Å²) in [6.45, 7) is 0. The summed E-state index contributed by atoms with van der Waals surface area (Å²) in [4.78, 5) is 16.8. The van der Waals surface area contributed by atoms with Crippen molar-refractivity contribution in [1.82, 2.24) is 24.5 Å². The fraction of sp³-hybridized carbons (Fsp3) is 0.143. The second-order valence-corrected chi connectivity index (χ2v) is 7.06. The summed E-state index contributed by atoms with van der Waals surface area (Å²) in [5.74, 6) is -3.75. The standard InChI is InChI=1S/C21H13F4N5/c22-15-4-11(5-18(19(15)25)30-9-16(23)17(24)10-30)13-6-14(13)12-7-28-21(29-8-12)20-26-2-1-3-27-20/h1-5,7-10,13-14H,6H2/t13-,14+/m1/s1. The van der Waals surface area contributed by atoms with E-state index in [2.05, 4.69) is 19.9 Å². The van der Waals surface area contributed by atoms with E-state index in [-0.39, 0.29) is 17.5 Å². The monoisotopic (exact) mass is 411 g/mol. The van der Waals surface area contributed by atoms with E-state index in [0.717, 1.165) is 28.6 Å². The van der Waals surface area contributed by atoms with Crippen LogP contribution in [0, 0.1) is 23.3 Å². The molecule has 30 heavy (non-hydrogen) atoms. The van der Waals surface area contributed by atoms with Gasteiger partial charge in [0.05, 0.1) is 5.69 Å². The topological polar surface area (TPSA) is 56.5 Å². The zero-order chi connectivity index (χ0) is 20.8. The molecule has 0 spiro atoms. The Morgan fingerprint density at radius 2 is 1.33 bits per heavy atom. The zero-order valence-corrected chi connectivity index (χ0v) is 15.3. The second-order valence-electron chi connectivity index (χ2n) is 7.06. The highest BCUT2D eigenvalue weighted by Crippen LogP contribution is 2.54. The van der Waals surface area contributed by atoms with Gasteiger partial charge in [-0.15, -0.1) is 0 Å².